The molecular formula is C19H25N7O2S. The van der Waals surface area contributed by atoms with Crippen molar-refractivity contribution in [2.24, 2.45) is 5.73 Å². The summed E-state index contributed by atoms with van der Waals surface area (Å²) in [5.74, 6) is 0.772. The number of nitrogens with two attached hydrogens (primary N) is 1. The number of sulfonamides is 1. The van der Waals surface area contributed by atoms with Gasteiger partial charge in [0.15, 0.2) is 5.65 Å². The van der Waals surface area contributed by atoms with Crippen LogP contribution in [-0.2, 0) is 10.0 Å². The van der Waals surface area contributed by atoms with Crippen LogP contribution in [0, 0.1) is 0 Å². The van der Waals surface area contributed by atoms with Crippen molar-refractivity contribution >= 4 is 38.6 Å². The van der Waals surface area contributed by atoms with Crippen LogP contribution in [0.4, 0.5) is 22.9 Å². The first-order valence-corrected chi connectivity index (χ1v) is 11.5. The Labute approximate surface area is 169 Å². The van der Waals surface area contributed by atoms with E-state index in [4.69, 9.17) is 5.73 Å². The Hall–Kier alpha value is -2.85. The fourth-order valence-corrected chi connectivity index (χ4v) is 4.11. The van der Waals surface area contributed by atoms with Crippen LogP contribution in [0.1, 0.15) is 25.7 Å². The highest BCUT2D eigenvalue weighted by atomic mass is 32.2. The van der Waals surface area contributed by atoms with E-state index in [-0.39, 0.29) is 0 Å². The fourth-order valence-electron chi connectivity index (χ4n) is 3.54. The summed E-state index contributed by atoms with van der Waals surface area (Å²) >= 11 is 0. The first kappa shape index (κ1) is 19.5. The molecule has 0 bridgehead atoms. The van der Waals surface area contributed by atoms with Crippen LogP contribution in [0.3, 0.4) is 0 Å². The van der Waals surface area contributed by atoms with Gasteiger partial charge in [-0.1, -0.05) is 0 Å². The molecule has 5 N–H and O–H groups in total. The predicted molar refractivity (Wildman–Crippen MR) is 115 cm³/mol. The molecule has 0 amide bonds. The summed E-state index contributed by atoms with van der Waals surface area (Å²) in [6.45, 7) is 0. The summed E-state index contributed by atoms with van der Waals surface area (Å²) < 4.78 is 26.9. The minimum absolute atomic E-state index is 0.300. The molecule has 2 aromatic heterocycles. The van der Waals surface area contributed by atoms with Gasteiger partial charge >= 0.3 is 0 Å². The summed E-state index contributed by atoms with van der Waals surface area (Å²) in [7, 11) is -3.30. The van der Waals surface area contributed by atoms with Gasteiger partial charge in [0.05, 0.1) is 11.9 Å². The standard InChI is InChI=1S/C19H25N7O2S/c1-29(27,28)25-16-8-6-14(7-9-16)22-17-12-18(24-26-11-10-21-19(17)26)23-15-4-2-13(20)3-5-15/h6-13,15,22,25H,2-5,20H2,1H3,(H,23,24)/t13-,15-. The Balaban J connectivity index is 1.54. The Morgan fingerprint density at radius 2 is 1.79 bits per heavy atom. The molecule has 29 heavy (non-hydrogen) atoms. The molecule has 1 aliphatic rings. The lowest BCUT2D eigenvalue weighted by molar-refractivity contribution is 0.410. The molecule has 0 atom stereocenters. The number of rotatable bonds is 6. The van der Waals surface area contributed by atoms with Crippen molar-refractivity contribution in [3.8, 4) is 0 Å². The quantitative estimate of drug-likeness (QED) is 0.487. The van der Waals surface area contributed by atoms with Crippen molar-refractivity contribution in [3.05, 3.63) is 42.7 Å². The summed E-state index contributed by atoms with van der Waals surface area (Å²) in [6, 6.07) is 9.63. The van der Waals surface area contributed by atoms with Crippen LogP contribution in [0.2, 0.25) is 0 Å². The van der Waals surface area contributed by atoms with Gasteiger partial charge in [-0.2, -0.15) is 0 Å². The van der Waals surface area contributed by atoms with Gasteiger partial charge in [0.1, 0.15) is 5.82 Å². The Morgan fingerprint density at radius 3 is 2.48 bits per heavy atom. The third-order valence-electron chi connectivity index (χ3n) is 4.95. The molecule has 9 nitrogen and oxygen atoms in total. The number of nitrogens with zero attached hydrogens (tertiary/aromatic N) is 3. The molecule has 0 radical (unpaired) electrons. The first-order chi connectivity index (χ1) is 13.9. The second kappa shape index (κ2) is 7.88. The molecule has 4 rings (SSSR count). The highest BCUT2D eigenvalue weighted by Crippen LogP contribution is 2.26. The fraction of sp³-hybridized carbons (Fsp3) is 0.368. The van der Waals surface area contributed by atoms with Crippen molar-refractivity contribution in [3.63, 3.8) is 0 Å². The molecule has 3 aromatic rings. The maximum absolute atomic E-state index is 11.4. The molecule has 1 aromatic carbocycles. The number of benzene rings is 1. The van der Waals surface area contributed by atoms with E-state index in [1.54, 1.807) is 22.8 Å². The topological polar surface area (TPSA) is 126 Å². The number of nitrogens with one attached hydrogen (secondary N) is 3. The van der Waals surface area contributed by atoms with Crippen LogP contribution in [0.5, 0.6) is 0 Å². The number of hydrogen-bond donors (Lipinski definition) is 4. The second-order valence-corrected chi connectivity index (χ2v) is 9.22. The molecule has 154 valence electrons. The average molecular weight is 416 g/mol. The molecular weight excluding hydrogens is 390 g/mol. The molecule has 10 heteroatoms. The molecule has 1 saturated carbocycles. The van der Waals surface area contributed by atoms with Gasteiger partial charge < -0.3 is 16.4 Å². The second-order valence-electron chi connectivity index (χ2n) is 7.47. The van der Waals surface area contributed by atoms with E-state index in [9.17, 15) is 8.42 Å². The maximum Gasteiger partial charge on any atom is 0.229 e. The van der Waals surface area contributed by atoms with Gasteiger partial charge in [0, 0.05) is 41.9 Å². The van der Waals surface area contributed by atoms with Gasteiger partial charge in [-0.15, -0.1) is 5.10 Å². The first-order valence-electron chi connectivity index (χ1n) is 9.57. The minimum Gasteiger partial charge on any atom is -0.366 e. The van der Waals surface area contributed by atoms with Crippen LogP contribution in [-0.4, -0.2) is 41.4 Å². The molecule has 0 unspecified atom stereocenters. The Kier molecular flexibility index (Phi) is 5.29. The van der Waals surface area contributed by atoms with Crippen molar-refractivity contribution in [1.82, 2.24) is 14.6 Å². The van der Waals surface area contributed by atoms with Crippen LogP contribution in [0.25, 0.3) is 5.65 Å². The Bertz CT molecular complexity index is 1090. The number of hydrogen-bond acceptors (Lipinski definition) is 7. The zero-order valence-electron chi connectivity index (χ0n) is 16.2. The average Bonchev–Trinajstić information content (AvgIpc) is 3.13. The van der Waals surface area contributed by atoms with Crippen molar-refractivity contribution in [2.45, 2.75) is 37.8 Å². The third kappa shape index (κ3) is 4.96. The van der Waals surface area contributed by atoms with Crippen LogP contribution in [0.15, 0.2) is 42.7 Å². The number of imidazole rings is 1. The van der Waals surface area contributed by atoms with Gasteiger partial charge in [0.2, 0.25) is 10.0 Å². The van der Waals surface area contributed by atoms with Crippen molar-refractivity contribution < 1.29 is 8.42 Å². The predicted octanol–water partition coefficient (Wildman–Crippen LogP) is 2.53. The monoisotopic (exact) mass is 415 g/mol. The lowest BCUT2D eigenvalue weighted by atomic mass is 9.92. The zero-order valence-corrected chi connectivity index (χ0v) is 17.0. The maximum atomic E-state index is 11.4. The van der Waals surface area contributed by atoms with Gasteiger partial charge in [-0.05, 0) is 49.9 Å². The largest absolute Gasteiger partial charge is 0.366 e. The highest BCUT2D eigenvalue weighted by Gasteiger charge is 2.19. The number of aromatic nitrogens is 3. The highest BCUT2D eigenvalue weighted by molar-refractivity contribution is 7.92. The lowest BCUT2D eigenvalue weighted by Crippen LogP contribution is -2.33. The molecule has 0 spiro atoms. The number of fused-ring (bicyclic) bond motifs is 1. The van der Waals surface area contributed by atoms with Gasteiger partial charge in [-0.25, -0.2) is 17.9 Å². The SMILES string of the molecule is CS(=O)(=O)Nc1ccc(Nc2cc(N[C@H]3CC[C@H](N)CC3)nn3ccnc23)cc1. The molecule has 0 saturated heterocycles. The van der Waals surface area contributed by atoms with E-state index < -0.39 is 10.0 Å². The van der Waals surface area contributed by atoms with E-state index in [0.717, 1.165) is 49.1 Å². The van der Waals surface area contributed by atoms with Crippen molar-refractivity contribution in [1.29, 1.82) is 0 Å². The van der Waals surface area contributed by atoms with E-state index >= 15 is 0 Å². The Morgan fingerprint density at radius 1 is 1.10 bits per heavy atom. The molecule has 0 aliphatic heterocycles. The van der Waals surface area contributed by atoms with Gasteiger partial charge in [0.25, 0.3) is 0 Å². The zero-order chi connectivity index (χ0) is 20.4. The molecule has 1 fully saturated rings. The van der Waals surface area contributed by atoms with Crippen LogP contribution >= 0.6 is 0 Å². The van der Waals surface area contributed by atoms with Crippen LogP contribution < -0.4 is 21.1 Å². The minimum atomic E-state index is -3.30. The van der Waals surface area contributed by atoms with E-state index in [1.165, 1.54) is 0 Å². The van der Waals surface area contributed by atoms with E-state index in [0.29, 0.717) is 23.4 Å². The normalized spacial score (nSPS) is 19.8. The summed E-state index contributed by atoms with van der Waals surface area (Å²) in [6.07, 6.45) is 8.73. The lowest BCUT2D eigenvalue weighted by Gasteiger charge is -2.27. The van der Waals surface area contributed by atoms with Crippen molar-refractivity contribution in [2.75, 3.05) is 21.6 Å². The van der Waals surface area contributed by atoms with Gasteiger partial charge in [-0.3, -0.25) is 4.72 Å². The summed E-state index contributed by atoms with van der Waals surface area (Å²) in [4.78, 5) is 4.38. The van der Waals surface area contributed by atoms with E-state index in [2.05, 4.69) is 25.4 Å². The summed E-state index contributed by atoms with van der Waals surface area (Å²) in [5, 5.41) is 11.5. The molecule has 2 heterocycles. The molecule has 1 aliphatic carbocycles. The smallest absolute Gasteiger partial charge is 0.229 e. The third-order valence-corrected chi connectivity index (χ3v) is 5.56. The summed E-state index contributed by atoms with van der Waals surface area (Å²) in [5.41, 5.74) is 8.84. The number of anilines is 4. The van der Waals surface area contributed by atoms with E-state index in [1.807, 2.05) is 24.4 Å².